The zero-order chi connectivity index (χ0) is 46.4. The van der Waals surface area contributed by atoms with Gasteiger partial charge in [-0.3, -0.25) is 0 Å². The second kappa shape index (κ2) is 17.2. The van der Waals surface area contributed by atoms with Gasteiger partial charge in [-0.25, -0.2) is 39.9 Å². The van der Waals surface area contributed by atoms with Crippen LogP contribution in [0.1, 0.15) is 0 Å². The lowest BCUT2D eigenvalue weighted by Gasteiger charge is -2.19. The lowest BCUT2D eigenvalue weighted by molar-refractivity contribution is 1.15. The Balaban J connectivity index is 1.08. The maximum absolute atomic E-state index is 5.44. The molecule has 0 amide bonds. The minimum atomic E-state index is 0.592. The lowest BCUT2D eigenvalue weighted by atomic mass is 9.88. The number of benzene rings is 9. The largest absolute Gasteiger partial charge is 0.228 e. The van der Waals surface area contributed by atoms with E-state index in [2.05, 4.69) is 97.1 Å². The van der Waals surface area contributed by atoms with Crippen LogP contribution in [0, 0.1) is 0 Å². The average molecular weight is 895 g/mol. The summed E-state index contributed by atoms with van der Waals surface area (Å²) in [4.78, 5) is 42.1. The smallest absolute Gasteiger partial charge is 0.160 e. The van der Waals surface area contributed by atoms with Crippen LogP contribution >= 0.6 is 0 Å². The Kier molecular flexibility index (Phi) is 9.98. The Labute approximate surface area is 402 Å². The summed E-state index contributed by atoms with van der Waals surface area (Å²) in [6.07, 6.45) is 0. The fraction of sp³-hybridized carbons (Fsp3) is 0. The van der Waals surface area contributed by atoms with E-state index in [1.54, 1.807) is 0 Å². The molecule has 4 aromatic heterocycles. The van der Waals surface area contributed by atoms with Crippen molar-refractivity contribution in [3.63, 3.8) is 0 Å². The second-order valence-corrected chi connectivity index (χ2v) is 17.1. The molecule has 0 aliphatic heterocycles. The van der Waals surface area contributed by atoms with Crippen molar-refractivity contribution < 1.29 is 0 Å². The summed E-state index contributed by atoms with van der Waals surface area (Å²) >= 11 is 0. The summed E-state index contributed by atoms with van der Waals surface area (Å²) < 4.78 is 0. The SMILES string of the molecule is c1ccc(-c2nc(-c3nc(-c4ccccc4)nc4ccccc34)cc(-c3c4ccccc4c(-c4cc(-c5nc(-c6ccccc6)nc6ccccc56)nc(-c5ccccc5)n4)c4ccccc34)n2)cc1. The van der Waals surface area contributed by atoms with Crippen LogP contribution in [0.2, 0.25) is 0 Å². The fourth-order valence-corrected chi connectivity index (χ4v) is 9.48. The molecule has 8 nitrogen and oxygen atoms in total. The van der Waals surface area contributed by atoms with Crippen molar-refractivity contribution in [3.8, 4) is 90.8 Å². The number of hydrogen-bond acceptors (Lipinski definition) is 8. The van der Waals surface area contributed by atoms with Crippen molar-refractivity contribution in [3.05, 3.63) is 231 Å². The molecule has 0 aliphatic carbocycles. The first kappa shape index (κ1) is 40.6. The zero-order valence-electron chi connectivity index (χ0n) is 37.5. The summed E-state index contributed by atoms with van der Waals surface area (Å²) in [6.45, 7) is 0. The first-order valence-electron chi connectivity index (χ1n) is 23.2. The van der Waals surface area contributed by atoms with E-state index in [4.69, 9.17) is 39.9 Å². The second-order valence-electron chi connectivity index (χ2n) is 17.1. The molecule has 0 aliphatic rings. The highest BCUT2D eigenvalue weighted by molar-refractivity contribution is 6.21. The number of fused-ring (bicyclic) bond motifs is 4. The van der Waals surface area contributed by atoms with Gasteiger partial charge in [0.2, 0.25) is 0 Å². The van der Waals surface area contributed by atoms with Crippen molar-refractivity contribution in [2.75, 3.05) is 0 Å². The van der Waals surface area contributed by atoms with Gasteiger partial charge in [-0.15, -0.1) is 0 Å². The third-order valence-corrected chi connectivity index (χ3v) is 12.7. The molecule has 0 unspecified atom stereocenters. The summed E-state index contributed by atoms with van der Waals surface area (Å²) in [5, 5.41) is 5.85. The molecule has 0 bridgehead atoms. The van der Waals surface area contributed by atoms with Crippen molar-refractivity contribution in [1.82, 2.24) is 39.9 Å². The summed E-state index contributed by atoms with van der Waals surface area (Å²) in [7, 11) is 0. The van der Waals surface area contributed by atoms with Gasteiger partial charge in [-0.05, 0) is 45.8 Å². The Morgan fingerprint density at radius 1 is 0.200 bits per heavy atom. The molecule has 0 saturated carbocycles. The van der Waals surface area contributed by atoms with Gasteiger partial charge in [0.1, 0.15) is 11.4 Å². The van der Waals surface area contributed by atoms with E-state index < -0.39 is 0 Å². The van der Waals surface area contributed by atoms with E-state index in [1.165, 1.54) is 0 Å². The molecule has 326 valence electrons. The maximum atomic E-state index is 5.44. The molecule has 8 heteroatoms. The highest BCUT2D eigenvalue weighted by Crippen LogP contribution is 2.45. The van der Waals surface area contributed by atoms with Gasteiger partial charge in [0.15, 0.2) is 23.3 Å². The van der Waals surface area contributed by atoms with Gasteiger partial charge < -0.3 is 0 Å². The minimum Gasteiger partial charge on any atom is -0.228 e. The average Bonchev–Trinajstić information content (AvgIpc) is 3.44. The van der Waals surface area contributed by atoms with Crippen LogP contribution in [0.3, 0.4) is 0 Å². The first-order valence-corrected chi connectivity index (χ1v) is 23.2. The number of nitrogens with zero attached hydrogens (tertiary/aromatic N) is 8. The van der Waals surface area contributed by atoms with Crippen molar-refractivity contribution >= 4 is 43.4 Å². The van der Waals surface area contributed by atoms with Gasteiger partial charge in [0.25, 0.3) is 0 Å². The Hall–Kier alpha value is -9.66. The molecule has 70 heavy (non-hydrogen) atoms. The van der Waals surface area contributed by atoms with Crippen LogP contribution in [0.4, 0.5) is 0 Å². The number of para-hydroxylation sites is 2. The van der Waals surface area contributed by atoms with Crippen LogP contribution in [0.15, 0.2) is 231 Å². The summed E-state index contributed by atoms with van der Waals surface area (Å²) in [5.74, 6) is 2.44. The van der Waals surface area contributed by atoms with Gasteiger partial charge >= 0.3 is 0 Å². The monoisotopic (exact) mass is 894 g/mol. The van der Waals surface area contributed by atoms with E-state index >= 15 is 0 Å². The van der Waals surface area contributed by atoms with Crippen LogP contribution in [-0.2, 0) is 0 Å². The Morgan fingerprint density at radius 3 is 0.786 bits per heavy atom. The van der Waals surface area contributed by atoms with Gasteiger partial charge in [-0.1, -0.05) is 206 Å². The third kappa shape index (κ3) is 7.28. The van der Waals surface area contributed by atoms with Gasteiger partial charge in [-0.2, -0.15) is 0 Å². The van der Waals surface area contributed by atoms with Crippen molar-refractivity contribution in [2.45, 2.75) is 0 Å². The molecule has 0 saturated heterocycles. The molecule has 0 N–H and O–H groups in total. The highest BCUT2D eigenvalue weighted by atomic mass is 15.0. The Bertz CT molecular complexity index is 3790. The van der Waals surface area contributed by atoms with Crippen LogP contribution in [0.5, 0.6) is 0 Å². The van der Waals surface area contributed by atoms with Crippen molar-refractivity contribution in [1.29, 1.82) is 0 Å². The predicted octanol–water partition coefficient (Wildman–Crippen LogP) is 14.8. The molecule has 4 heterocycles. The molecule has 0 atom stereocenters. The third-order valence-electron chi connectivity index (χ3n) is 12.7. The fourth-order valence-electron chi connectivity index (χ4n) is 9.48. The normalized spacial score (nSPS) is 11.4. The van der Waals surface area contributed by atoms with Crippen molar-refractivity contribution in [2.24, 2.45) is 0 Å². The topological polar surface area (TPSA) is 103 Å². The molecule has 0 radical (unpaired) electrons. The molecule has 0 spiro atoms. The molecule has 13 aromatic rings. The Morgan fingerprint density at radius 2 is 0.457 bits per heavy atom. The van der Waals surface area contributed by atoms with Gasteiger partial charge in [0.05, 0.1) is 33.8 Å². The number of rotatable bonds is 8. The summed E-state index contributed by atoms with van der Waals surface area (Å²) in [5.41, 5.74) is 11.6. The first-order chi connectivity index (χ1) is 34.7. The van der Waals surface area contributed by atoms with E-state index in [9.17, 15) is 0 Å². The molecule has 0 fully saturated rings. The zero-order valence-corrected chi connectivity index (χ0v) is 37.5. The van der Waals surface area contributed by atoms with E-state index in [0.717, 1.165) is 99.5 Å². The standard InChI is InChI=1S/C62H38N8/c1-5-21-39(22-6-1)59-65-51(37-53(67-59)57-47-33-17-19-35-49(47)63-61(69-57)41-25-9-3-10-26-41)55-43-29-13-15-31-45(43)56(46-32-16-14-30-44(46)55)52-38-54(68-60(66-52)40-23-7-2-8-24-40)58-48-34-18-20-36-50(48)64-62(70-58)42-27-11-4-12-28-42/h1-38H. The van der Waals surface area contributed by atoms with Crippen LogP contribution < -0.4 is 0 Å². The van der Waals surface area contributed by atoms with E-state index in [-0.39, 0.29) is 0 Å². The van der Waals surface area contributed by atoms with Crippen LogP contribution in [-0.4, -0.2) is 39.9 Å². The predicted molar refractivity (Wildman–Crippen MR) is 282 cm³/mol. The summed E-state index contributed by atoms with van der Waals surface area (Å²) in [6, 6.07) is 78.0. The van der Waals surface area contributed by atoms with Crippen LogP contribution in [0.25, 0.3) is 134 Å². The van der Waals surface area contributed by atoms with E-state index in [0.29, 0.717) is 34.7 Å². The van der Waals surface area contributed by atoms with E-state index in [1.807, 2.05) is 133 Å². The maximum Gasteiger partial charge on any atom is 0.160 e. The lowest BCUT2D eigenvalue weighted by Crippen LogP contribution is -2.02. The molecule has 13 rings (SSSR count). The quantitative estimate of drug-likeness (QED) is 0.139. The molecular weight excluding hydrogens is 857 g/mol. The number of hydrogen-bond donors (Lipinski definition) is 0. The minimum absolute atomic E-state index is 0.592. The van der Waals surface area contributed by atoms with Gasteiger partial charge in [0, 0.05) is 44.2 Å². The molecule has 9 aromatic carbocycles. The number of aromatic nitrogens is 8. The highest BCUT2D eigenvalue weighted by Gasteiger charge is 2.24. The molecular formula is C62H38N8.